The molecule has 0 unspecified atom stereocenters. The zero-order valence-corrected chi connectivity index (χ0v) is 13.8. The van der Waals surface area contributed by atoms with Gasteiger partial charge in [-0.2, -0.15) is 10.2 Å². The summed E-state index contributed by atoms with van der Waals surface area (Å²) in [6.45, 7) is 2.54. The number of hydrogen-bond acceptors (Lipinski definition) is 4. The number of aryl methyl sites for hydroxylation is 2. The van der Waals surface area contributed by atoms with Crippen LogP contribution >= 0.6 is 0 Å². The summed E-state index contributed by atoms with van der Waals surface area (Å²) in [6, 6.07) is 1.76. The number of rotatable bonds is 4. The molecule has 2 aromatic heterocycles. The lowest BCUT2D eigenvalue weighted by Crippen LogP contribution is -2.31. The zero-order chi connectivity index (χ0) is 16.4. The Morgan fingerprint density at radius 3 is 2.91 bits per heavy atom. The lowest BCUT2D eigenvalue weighted by atomic mass is 10.1. The highest BCUT2D eigenvalue weighted by Gasteiger charge is 2.19. The number of anilines is 1. The Morgan fingerprint density at radius 2 is 2.17 bits per heavy atom. The van der Waals surface area contributed by atoms with Crippen molar-refractivity contribution in [2.24, 2.45) is 0 Å². The van der Waals surface area contributed by atoms with Crippen LogP contribution in [0.25, 0.3) is 0 Å². The number of nitrogens with two attached hydrogens (primary N) is 1. The van der Waals surface area contributed by atoms with Gasteiger partial charge in [0.05, 0.1) is 17.9 Å². The Labute approximate surface area is 135 Å². The predicted molar refractivity (Wildman–Crippen MR) is 87.7 cm³/mol. The van der Waals surface area contributed by atoms with E-state index in [1.807, 2.05) is 6.92 Å². The van der Waals surface area contributed by atoms with Crippen LogP contribution in [0, 0.1) is 6.92 Å². The third kappa shape index (κ3) is 3.38. The van der Waals surface area contributed by atoms with E-state index in [1.54, 1.807) is 22.7 Å². The number of nitrogens with zero attached hydrogens (tertiary/aromatic N) is 4. The number of hydrogen-bond donors (Lipinski definition) is 2. The molecule has 7 heteroatoms. The molecule has 0 fully saturated rings. The number of nitrogen functional groups attached to an aromatic ring is 1. The molecular formula is C16H24N6O. The first kappa shape index (κ1) is 15.6. The first-order chi connectivity index (χ1) is 11.0. The molecule has 0 saturated heterocycles. The Bertz CT molecular complexity index is 701. The second kappa shape index (κ2) is 6.44. The van der Waals surface area contributed by atoms with Gasteiger partial charge in [0.2, 0.25) is 5.91 Å². The fraction of sp³-hybridized carbons (Fsp3) is 0.562. The van der Waals surface area contributed by atoms with Gasteiger partial charge in [-0.05, 0) is 38.2 Å². The van der Waals surface area contributed by atoms with Gasteiger partial charge >= 0.3 is 0 Å². The van der Waals surface area contributed by atoms with E-state index in [1.165, 1.54) is 30.5 Å². The van der Waals surface area contributed by atoms with Gasteiger partial charge in [-0.15, -0.1) is 0 Å². The normalized spacial score (nSPS) is 14.3. The molecule has 1 aliphatic rings. The molecule has 0 saturated carbocycles. The van der Waals surface area contributed by atoms with Gasteiger partial charge in [0.15, 0.2) is 0 Å². The average Bonchev–Trinajstić information content (AvgIpc) is 2.92. The van der Waals surface area contributed by atoms with Crippen molar-refractivity contribution in [1.29, 1.82) is 0 Å². The van der Waals surface area contributed by atoms with Crippen LogP contribution in [0.2, 0.25) is 0 Å². The first-order valence-electron chi connectivity index (χ1n) is 8.13. The maximum absolute atomic E-state index is 12.4. The number of fused-ring (bicyclic) bond motifs is 1. The molecule has 3 N–H and O–H groups in total. The monoisotopic (exact) mass is 316 g/mol. The minimum Gasteiger partial charge on any atom is -0.384 e. The van der Waals surface area contributed by atoms with Gasteiger partial charge < -0.3 is 10.6 Å². The number of aromatic amines is 1. The standard InChI is InChI=1S/C16H24N6O/c1-11-8-15(17)22(20-11)10-16(23)21(2)9-14-12-6-4-3-5-7-13(12)18-19-14/h8H,3-7,9-10,17H2,1-2H3,(H,18,19). The van der Waals surface area contributed by atoms with Gasteiger partial charge in [0.25, 0.3) is 0 Å². The average molecular weight is 316 g/mol. The zero-order valence-electron chi connectivity index (χ0n) is 13.8. The Hall–Kier alpha value is -2.31. The number of H-pyrrole nitrogens is 1. The molecule has 0 spiro atoms. The van der Waals surface area contributed by atoms with E-state index in [9.17, 15) is 4.79 Å². The van der Waals surface area contributed by atoms with E-state index in [2.05, 4.69) is 15.3 Å². The van der Waals surface area contributed by atoms with E-state index in [0.29, 0.717) is 12.4 Å². The third-order valence-electron chi connectivity index (χ3n) is 4.42. The van der Waals surface area contributed by atoms with Gasteiger partial charge in [-0.1, -0.05) is 6.42 Å². The van der Waals surface area contributed by atoms with Crippen molar-refractivity contribution in [3.8, 4) is 0 Å². The molecule has 0 atom stereocenters. The summed E-state index contributed by atoms with van der Waals surface area (Å²) in [5.41, 5.74) is 10.2. The first-order valence-corrected chi connectivity index (χ1v) is 8.13. The van der Waals surface area contributed by atoms with Crippen molar-refractivity contribution in [3.05, 3.63) is 28.7 Å². The second-order valence-corrected chi connectivity index (χ2v) is 6.31. The van der Waals surface area contributed by atoms with Crippen LogP contribution in [0.15, 0.2) is 6.07 Å². The van der Waals surface area contributed by atoms with Crippen molar-refractivity contribution in [1.82, 2.24) is 24.9 Å². The molecule has 0 radical (unpaired) electrons. The molecule has 23 heavy (non-hydrogen) atoms. The van der Waals surface area contributed by atoms with Crippen LogP contribution in [-0.4, -0.2) is 37.8 Å². The van der Waals surface area contributed by atoms with Gasteiger partial charge in [-0.25, -0.2) is 4.68 Å². The molecule has 7 nitrogen and oxygen atoms in total. The van der Waals surface area contributed by atoms with E-state index in [0.717, 1.165) is 24.2 Å². The van der Waals surface area contributed by atoms with Crippen molar-refractivity contribution in [2.75, 3.05) is 12.8 Å². The SMILES string of the molecule is Cc1cc(N)n(CC(=O)N(C)Cc2n[nH]c3c2CCCCC3)n1. The van der Waals surface area contributed by atoms with E-state index in [4.69, 9.17) is 5.73 Å². The summed E-state index contributed by atoms with van der Waals surface area (Å²) in [5, 5.41) is 11.8. The molecule has 3 rings (SSSR count). The molecular weight excluding hydrogens is 292 g/mol. The van der Waals surface area contributed by atoms with Crippen LogP contribution in [0.5, 0.6) is 0 Å². The van der Waals surface area contributed by atoms with Crippen LogP contribution in [0.4, 0.5) is 5.82 Å². The van der Waals surface area contributed by atoms with E-state index in [-0.39, 0.29) is 12.5 Å². The molecule has 1 amide bonds. The van der Waals surface area contributed by atoms with Crippen molar-refractivity contribution >= 4 is 11.7 Å². The smallest absolute Gasteiger partial charge is 0.244 e. The number of likely N-dealkylation sites (N-methyl/N-ethyl adjacent to an activating group) is 1. The predicted octanol–water partition coefficient (Wildman–Crippen LogP) is 1.42. The highest BCUT2D eigenvalue weighted by molar-refractivity contribution is 5.76. The molecule has 2 heterocycles. The van der Waals surface area contributed by atoms with Crippen LogP contribution in [-0.2, 0) is 30.7 Å². The van der Waals surface area contributed by atoms with Gasteiger partial charge in [0, 0.05) is 18.8 Å². The molecule has 0 aliphatic heterocycles. The summed E-state index contributed by atoms with van der Waals surface area (Å²) in [7, 11) is 1.80. The van der Waals surface area contributed by atoms with Crippen LogP contribution in [0.1, 0.15) is 41.9 Å². The molecule has 0 aromatic carbocycles. The minimum absolute atomic E-state index is 0.0230. The lowest BCUT2D eigenvalue weighted by molar-refractivity contribution is -0.131. The van der Waals surface area contributed by atoms with E-state index >= 15 is 0 Å². The number of carbonyl (C=O) groups is 1. The third-order valence-corrected chi connectivity index (χ3v) is 4.42. The number of aromatic nitrogens is 4. The number of nitrogens with one attached hydrogen (secondary N) is 1. The van der Waals surface area contributed by atoms with Crippen molar-refractivity contribution in [2.45, 2.75) is 52.1 Å². The summed E-state index contributed by atoms with van der Waals surface area (Å²) in [4.78, 5) is 14.1. The fourth-order valence-corrected chi connectivity index (χ4v) is 3.11. The Balaban J connectivity index is 1.67. The molecule has 2 aromatic rings. The topological polar surface area (TPSA) is 92.8 Å². The summed E-state index contributed by atoms with van der Waals surface area (Å²) < 4.78 is 1.54. The largest absolute Gasteiger partial charge is 0.384 e. The molecule has 124 valence electrons. The maximum Gasteiger partial charge on any atom is 0.244 e. The highest BCUT2D eigenvalue weighted by Crippen LogP contribution is 2.22. The van der Waals surface area contributed by atoms with Crippen molar-refractivity contribution in [3.63, 3.8) is 0 Å². The van der Waals surface area contributed by atoms with Gasteiger partial charge in [-0.3, -0.25) is 9.89 Å². The second-order valence-electron chi connectivity index (χ2n) is 6.31. The fourth-order valence-electron chi connectivity index (χ4n) is 3.11. The van der Waals surface area contributed by atoms with E-state index < -0.39 is 0 Å². The maximum atomic E-state index is 12.4. The Kier molecular flexibility index (Phi) is 4.36. The summed E-state index contributed by atoms with van der Waals surface area (Å²) in [5.74, 6) is 0.489. The Morgan fingerprint density at radius 1 is 1.39 bits per heavy atom. The highest BCUT2D eigenvalue weighted by atomic mass is 16.2. The summed E-state index contributed by atoms with van der Waals surface area (Å²) in [6.07, 6.45) is 5.77. The van der Waals surface area contributed by atoms with Crippen LogP contribution in [0.3, 0.4) is 0 Å². The quantitative estimate of drug-likeness (QED) is 0.834. The number of amides is 1. The van der Waals surface area contributed by atoms with Crippen LogP contribution < -0.4 is 5.73 Å². The molecule has 1 aliphatic carbocycles. The minimum atomic E-state index is -0.0230. The lowest BCUT2D eigenvalue weighted by Gasteiger charge is -2.17. The summed E-state index contributed by atoms with van der Waals surface area (Å²) >= 11 is 0. The number of carbonyl (C=O) groups excluding carboxylic acids is 1. The molecule has 0 bridgehead atoms. The van der Waals surface area contributed by atoms with Crippen molar-refractivity contribution < 1.29 is 4.79 Å². The van der Waals surface area contributed by atoms with Gasteiger partial charge in [0.1, 0.15) is 12.4 Å².